The zero-order chi connectivity index (χ0) is 11.3. The van der Waals surface area contributed by atoms with Gasteiger partial charge in [-0.05, 0) is 31.6 Å². The normalized spacial score (nSPS) is 25.8. The Morgan fingerprint density at radius 1 is 1.53 bits per heavy atom. The van der Waals surface area contributed by atoms with Crippen molar-refractivity contribution < 1.29 is 9.84 Å². The molecule has 1 saturated heterocycles. The van der Waals surface area contributed by atoms with Crippen molar-refractivity contribution in [3.05, 3.63) is 0 Å². The first-order valence-electron chi connectivity index (χ1n) is 6.04. The Labute approximate surface area is 93.0 Å². The molecule has 0 amide bonds. The number of ether oxygens (including phenoxy) is 1. The average molecular weight is 215 g/mol. The summed E-state index contributed by atoms with van der Waals surface area (Å²) in [5.74, 6) is 0.571. The van der Waals surface area contributed by atoms with E-state index in [-0.39, 0.29) is 12.0 Å². The topological polar surface area (TPSA) is 55.5 Å². The van der Waals surface area contributed by atoms with Gasteiger partial charge in [0.2, 0.25) is 0 Å². The molecule has 3 N–H and O–H groups in total. The van der Waals surface area contributed by atoms with Gasteiger partial charge in [0.1, 0.15) is 0 Å². The molecule has 1 aliphatic rings. The maximum atomic E-state index is 9.55. The van der Waals surface area contributed by atoms with Crippen LogP contribution in [0.5, 0.6) is 0 Å². The number of hydrogen-bond donors (Lipinski definition) is 2. The third kappa shape index (κ3) is 3.74. The van der Waals surface area contributed by atoms with Crippen molar-refractivity contribution in [1.29, 1.82) is 0 Å². The van der Waals surface area contributed by atoms with E-state index in [2.05, 4.69) is 13.8 Å². The standard InChI is InChI=1S/C12H25NO2/c1-10(2)6-12(8-13,9-14)7-11-4-3-5-15-11/h10-11,14H,3-9,13H2,1-2H3. The van der Waals surface area contributed by atoms with E-state index in [0.29, 0.717) is 18.6 Å². The molecule has 1 aliphatic heterocycles. The molecule has 0 spiro atoms. The third-order valence-corrected chi connectivity index (χ3v) is 3.29. The van der Waals surface area contributed by atoms with E-state index in [0.717, 1.165) is 32.3 Å². The van der Waals surface area contributed by atoms with Crippen molar-refractivity contribution in [2.75, 3.05) is 19.8 Å². The van der Waals surface area contributed by atoms with E-state index in [1.165, 1.54) is 0 Å². The first kappa shape index (κ1) is 12.9. The summed E-state index contributed by atoms with van der Waals surface area (Å²) in [7, 11) is 0. The van der Waals surface area contributed by atoms with Gasteiger partial charge in [-0.25, -0.2) is 0 Å². The van der Waals surface area contributed by atoms with Crippen LogP contribution >= 0.6 is 0 Å². The second-order valence-electron chi connectivity index (χ2n) is 5.30. The van der Waals surface area contributed by atoms with Crippen molar-refractivity contribution in [3.8, 4) is 0 Å². The lowest BCUT2D eigenvalue weighted by molar-refractivity contribution is 0.0235. The van der Waals surface area contributed by atoms with Crippen molar-refractivity contribution in [3.63, 3.8) is 0 Å². The molecular weight excluding hydrogens is 190 g/mol. The van der Waals surface area contributed by atoms with E-state index < -0.39 is 0 Å². The zero-order valence-electron chi connectivity index (χ0n) is 10.0. The molecule has 90 valence electrons. The van der Waals surface area contributed by atoms with Gasteiger partial charge in [0.15, 0.2) is 0 Å². The van der Waals surface area contributed by atoms with E-state index in [9.17, 15) is 5.11 Å². The smallest absolute Gasteiger partial charge is 0.0582 e. The molecule has 15 heavy (non-hydrogen) atoms. The molecule has 1 heterocycles. The van der Waals surface area contributed by atoms with E-state index in [1.807, 2.05) is 0 Å². The molecule has 3 heteroatoms. The van der Waals surface area contributed by atoms with Gasteiger partial charge in [-0.15, -0.1) is 0 Å². The highest BCUT2D eigenvalue weighted by atomic mass is 16.5. The molecule has 0 aromatic rings. The van der Waals surface area contributed by atoms with Crippen LogP contribution in [0.4, 0.5) is 0 Å². The summed E-state index contributed by atoms with van der Waals surface area (Å²) in [6.07, 6.45) is 4.50. The molecule has 0 aromatic heterocycles. The average Bonchev–Trinajstić information content (AvgIpc) is 2.68. The summed E-state index contributed by atoms with van der Waals surface area (Å²) in [6, 6.07) is 0. The lowest BCUT2D eigenvalue weighted by Crippen LogP contribution is -2.38. The van der Waals surface area contributed by atoms with Gasteiger partial charge >= 0.3 is 0 Å². The van der Waals surface area contributed by atoms with Crippen molar-refractivity contribution in [1.82, 2.24) is 0 Å². The van der Waals surface area contributed by atoms with Gasteiger partial charge in [0.25, 0.3) is 0 Å². The molecule has 2 unspecified atom stereocenters. The third-order valence-electron chi connectivity index (χ3n) is 3.29. The first-order valence-corrected chi connectivity index (χ1v) is 6.04. The predicted octanol–water partition coefficient (Wildman–Crippen LogP) is 1.54. The van der Waals surface area contributed by atoms with Gasteiger partial charge in [-0.3, -0.25) is 0 Å². The molecule has 1 fully saturated rings. The van der Waals surface area contributed by atoms with Crippen LogP contribution in [0.15, 0.2) is 0 Å². The minimum Gasteiger partial charge on any atom is -0.396 e. The van der Waals surface area contributed by atoms with Gasteiger partial charge in [0, 0.05) is 18.6 Å². The highest BCUT2D eigenvalue weighted by Gasteiger charge is 2.33. The van der Waals surface area contributed by atoms with E-state index >= 15 is 0 Å². The SMILES string of the molecule is CC(C)CC(CN)(CO)CC1CCCO1. The van der Waals surface area contributed by atoms with Crippen LogP contribution in [0.1, 0.15) is 39.5 Å². The van der Waals surface area contributed by atoms with Gasteiger partial charge in [-0.1, -0.05) is 13.8 Å². The summed E-state index contributed by atoms with van der Waals surface area (Å²) in [5.41, 5.74) is 5.71. The molecule has 3 nitrogen and oxygen atoms in total. The Hall–Kier alpha value is -0.120. The number of hydrogen-bond acceptors (Lipinski definition) is 3. The molecule has 0 radical (unpaired) electrons. The van der Waals surface area contributed by atoms with E-state index in [4.69, 9.17) is 10.5 Å². The first-order chi connectivity index (χ1) is 7.12. The fourth-order valence-corrected chi connectivity index (χ4v) is 2.60. The Bertz CT molecular complexity index is 172. The molecule has 0 bridgehead atoms. The summed E-state index contributed by atoms with van der Waals surface area (Å²) in [5, 5.41) is 9.55. The van der Waals surface area contributed by atoms with Crippen LogP contribution in [0.2, 0.25) is 0 Å². The Balaban J connectivity index is 2.53. The van der Waals surface area contributed by atoms with Crippen LogP contribution in [-0.2, 0) is 4.74 Å². The van der Waals surface area contributed by atoms with Crippen LogP contribution in [0, 0.1) is 11.3 Å². The quantitative estimate of drug-likeness (QED) is 0.706. The van der Waals surface area contributed by atoms with Gasteiger partial charge in [-0.2, -0.15) is 0 Å². The molecule has 0 aromatic carbocycles. The fourth-order valence-electron chi connectivity index (χ4n) is 2.60. The van der Waals surface area contributed by atoms with Crippen LogP contribution in [0.3, 0.4) is 0 Å². The van der Waals surface area contributed by atoms with Gasteiger partial charge < -0.3 is 15.6 Å². The maximum absolute atomic E-state index is 9.55. The largest absolute Gasteiger partial charge is 0.396 e. The second-order valence-corrected chi connectivity index (χ2v) is 5.30. The Morgan fingerprint density at radius 2 is 2.27 bits per heavy atom. The van der Waals surface area contributed by atoms with Crippen molar-refractivity contribution in [2.24, 2.45) is 17.1 Å². The number of nitrogens with two attached hydrogens (primary N) is 1. The number of rotatable bonds is 6. The fraction of sp³-hybridized carbons (Fsp3) is 1.00. The summed E-state index contributed by atoms with van der Waals surface area (Å²) < 4.78 is 5.63. The Kier molecular flexibility index (Phi) is 5.03. The van der Waals surface area contributed by atoms with E-state index in [1.54, 1.807) is 0 Å². The zero-order valence-corrected chi connectivity index (χ0v) is 10.0. The van der Waals surface area contributed by atoms with Gasteiger partial charge in [0.05, 0.1) is 12.7 Å². The molecule has 1 rings (SSSR count). The highest BCUT2D eigenvalue weighted by Crippen LogP contribution is 2.33. The molecule has 0 aliphatic carbocycles. The maximum Gasteiger partial charge on any atom is 0.0582 e. The minimum absolute atomic E-state index is 0.122. The lowest BCUT2D eigenvalue weighted by Gasteiger charge is -2.34. The number of aliphatic hydroxyl groups excluding tert-OH is 1. The molecule has 2 atom stereocenters. The van der Waals surface area contributed by atoms with Crippen LogP contribution in [-0.4, -0.2) is 31.0 Å². The Morgan fingerprint density at radius 3 is 2.67 bits per heavy atom. The summed E-state index contributed by atoms with van der Waals surface area (Å²) in [6.45, 7) is 5.96. The number of aliphatic hydroxyl groups is 1. The van der Waals surface area contributed by atoms with Crippen LogP contribution in [0.25, 0.3) is 0 Å². The molecule has 0 saturated carbocycles. The lowest BCUT2D eigenvalue weighted by atomic mass is 9.76. The van der Waals surface area contributed by atoms with Crippen molar-refractivity contribution in [2.45, 2.75) is 45.6 Å². The highest BCUT2D eigenvalue weighted by molar-refractivity contribution is 4.85. The predicted molar refractivity (Wildman–Crippen MR) is 61.6 cm³/mol. The van der Waals surface area contributed by atoms with Crippen molar-refractivity contribution >= 4 is 0 Å². The summed E-state index contributed by atoms with van der Waals surface area (Å²) >= 11 is 0. The summed E-state index contributed by atoms with van der Waals surface area (Å²) in [4.78, 5) is 0. The minimum atomic E-state index is -0.122. The monoisotopic (exact) mass is 215 g/mol. The molecular formula is C12H25NO2. The second kappa shape index (κ2) is 5.83. The van der Waals surface area contributed by atoms with Crippen LogP contribution < -0.4 is 5.73 Å².